The number of aromatic nitrogens is 4. The third-order valence-electron chi connectivity index (χ3n) is 6.36. The maximum absolute atomic E-state index is 10.9. The molecule has 1 aromatic heterocycles. The molecule has 2 aliphatic rings. The van der Waals surface area contributed by atoms with Crippen LogP contribution >= 0.6 is 21.6 Å². The van der Waals surface area contributed by atoms with Gasteiger partial charge < -0.3 is 9.84 Å². The van der Waals surface area contributed by atoms with Crippen LogP contribution in [0.1, 0.15) is 74.0 Å². The zero-order chi connectivity index (χ0) is 21.3. The van der Waals surface area contributed by atoms with E-state index in [1.807, 2.05) is 40.1 Å². The van der Waals surface area contributed by atoms with Gasteiger partial charge in [0.25, 0.3) is 0 Å². The molecule has 2 aliphatic heterocycles. The standard InChI is InChI=1S/C22H32N4O2S2/c1-14-15(2)21-17(9-11-22(3,4)28-21)18(20(14)27)13-26-19(23-24-25-26)8-6-5-7-16-10-12-29-30-16/h16,27H,5-13H2,1-4H3. The molecular weight excluding hydrogens is 416 g/mol. The van der Waals surface area contributed by atoms with Gasteiger partial charge in [0, 0.05) is 28.6 Å². The van der Waals surface area contributed by atoms with Gasteiger partial charge in [0.05, 0.1) is 6.54 Å². The Bertz CT molecular complexity index is 907. The fourth-order valence-electron chi connectivity index (χ4n) is 4.30. The number of rotatable bonds is 7. The molecule has 1 atom stereocenters. The van der Waals surface area contributed by atoms with E-state index >= 15 is 0 Å². The van der Waals surface area contributed by atoms with Crippen LogP contribution in [0.3, 0.4) is 0 Å². The van der Waals surface area contributed by atoms with Gasteiger partial charge in [-0.25, -0.2) is 4.68 Å². The summed E-state index contributed by atoms with van der Waals surface area (Å²) in [6.45, 7) is 8.72. The summed E-state index contributed by atoms with van der Waals surface area (Å²) in [6.07, 6.45) is 7.60. The number of hydrogen-bond donors (Lipinski definition) is 1. The highest BCUT2D eigenvalue weighted by Gasteiger charge is 2.32. The Morgan fingerprint density at radius 1 is 1.23 bits per heavy atom. The molecule has 2 aromatic rings. The monoisotopic (exact) mass is 448 g/mol. The van der Waals surface area contributed by atoms with Crippen molar-refractivity contribution < 1.29 is 9.84 Å². The number of ether oxygens (including phenoxy) is 1. The molecular formula is C22H32N4O2S2. The molecule has 0 spiro atoms. The average molecular weight is 449 g/mol. The van der Waals surface area contributed by atoms with Crippen LogP contribution in [0.2, 0.25) is 0 Å². The second-order valence-electron chi connectivity index (χ2n) is 9.07. The van der Waals surface area contributed by atoms with Crippen LogP contribution in [-0.4, -0.2) is 41.9 Å². The zero-order valence-corrected chi connectivity index (χ0v) is 20.0. The topological polar surface area (TPSA) is 73.1 Å². The molecule has 0 radical (unpaired) electrons. The SMILES string of the molecule is Cc1c(C)c2c(c(Cn3nnnc3CCCCC3CCSS3)c1O)CCC(C)(C)O2. The molecule has 6 nitrogen and oxygen atoms in total. The minimum Gasteiger partial charge on any atom is -0.507 e. The van der Waals surface area contributed by atoms with Gasteiger partial charge in [0.15, 0.2) is 5.82 Å². The Balaban J connectivity index is 1.50. The van der Waals surface area contributed by atoms with Gasteiger partial charge in [-0.05, 0) is 81.4 Å². The third kappa shape index (κ3) is 4.59. The quantitative estimate of drug-likeness (QED) is 0.471. The first-order valence-electron chi connectivity index (χ1n) is 10.9. The van der Waals surface area contributed by atoms with E-state index in [2.05, 4.69) is 29.4 Å². The molecule has 30 heavy (non-hydrogen) atoms. The van der Waals surface area contributed by atoms with Crippen molar-refractivity contribution in [2.24, 2.45) is 0 Å². The largest absolute Gasteiger partial charge is 0.507 e. The highest BCUT2D eigenvalue weighted by Crippen LogP contribution is 2.44. The maximum Gasteiger partial charge on any atom is 0.151 e. The van der Waals surface area contributed by atoms with Crippen LogP contribution in [-0.2, 0) is 19.4 Å². The molecule has 4 rings (SSSR count). The number of phenolic OH excluding ortho intramolecular Hbond substituents is 1. The van der Waals surface area contributed by atoms with Crippen LogP contribution in [0.5, 0.6) is 11.5 Å². The summed E-state index contributed by atoms with van der Waals surface area (Å²) < 4.78 is 8.18. The van der Waals surface area contributed by atoms with Crippen molar-refractivity contribution in [2.45, 2.75) is 90.0 Å². The summed E-state index contributed by atoms with van der Waals surface area (Å²) in [5.41, 5.74) is 3.72. The molecule has 1 N–H and O–H groups in total. The number of fused-ring (bicyclic) bond motifs is 1. The van der Waals surface area contributed by atoms with E-state index in [0.717, 1.165) is 64.8 Å². The molecule has 1 unspecified atom stereocenters. The predicted molar refractivity (Wildman–Crippen MR) is 124 cm³/mol. The Morgan fingerprint density at radius 3 is 2.83 bits per heavy atom. The number of hydrogen-bond acceptors (Lipinski definition) is 7. The fourth-order valence-corrected chi connectivity index (χ4v) is 7.33. The van der Waals surface area contributed by atoms with Crippen LogP contribution in [0.15, 0.2) is 0 Å². The highest BCUT2D eigenvalue weighted by atomic mass is 33.1. The number of tetrazole rings is 1. The summed E-state index contributed by atoms with van der Waals surface area (Å²) >= 11 is 0. The molecule has 164 valence electrons. The lowest BCUT2D eigenvalue weighted by Gasteiger charge is -2.35. The summed E-state index contributed by atoms with van der Waals surface area (Å²) in [5.74, 6) is 3.47. The Labute approximate surface area is 186 Å². The second kappa shape index (κ2) is 8.99. The lowest BCUT2D eigenvalue weighted by molar-refractivity contribution is 0.0829. The van der Waals surface area contributed by atoms with Crippen molar-refractivity contribution in [2.75, 3.05) is 5.75 Å². The van der Waals surface area contributed by atoms with Gasteiger partial charge in [-0.1, -0.05) is 28.0 Å². The van der Waals surface area contributed by atoms with Crippen molar-refractivity contribution in [3.63, 3.8) is 0 Å². The van der Waals surface area contributed by atoms with E-state index in [0.29, 0.717) is 12.3 Å². The van der Waals surface area contributed by atoms with Gasteiger partial charge in [-0.2, -0.15) is 0 Å². The van der Waals surface area contributed by atoms with E-state index in [9.17, 15) is 5.11 Å². The molecule has 0 saturated carbocycles. The van der Waals surface area contributed by atoms with E-state index in [4.69, 9.17) is 4.74 Å². The normalized spacial score (nSPS) is 20.2. The first kappa shape index (κ1) is 21.8. The van der Waals surface area contributed by atoms with Crippen LogP contribution < -0.4 is 4.74 Å². The van der Waals surface area contributed by atoms with E-state index in [-0.39, 0.29) is 5.60 Å². The molecule has 1 saturated heterocycles. The summed E-state index contributed by atoms with van der Waals surface area (Å²) in [5, 5.41) is 24.2. The number of benzene rings is 1. The molecule has 0 amide bonds. The van der Waals surface area contributed by atoms with Gasteiger partial charge in [-0.3, -0.25) is 0 Å². The first-order valence-corrected chi connectivity index (χ1v) is 13.3. The summed E-state index contributed by atoms with van der Waals surface area (Å²) in [6, 6.07) is 0. The van der Waals surface area contributed by atoms with Crippen LogP contribution in [0.25, 0.3) is 0 Å². The van der Waals surface area contributed by atoms with Crippen molar-refractivity contribution in [3.05, 3.63) is 28.1 Å². The maximum atomic E-state index is 10.9. The lowest BCUT2D eigenvalue weighted by atomic mass is 9.87. The Hall–Kier alpha value is -1.41. The number of unbranched alkanes of at least 4 members (excludes halogenated alkanes) is 1. The molecule has 1 fully saturated rings. The Morgan fingerprint density at radius 2 is 2.07 bits per heavy atom. The summed E-state index contributed by atoms with van der Waals surface area (Å²) in [7, 11) is 4.05. The zero-order valence-electron chi connectivity index (χ0n) is 18.4. The van der Waals surface area contributed by atoms with Crippen molar-refractivity contribution in [1.82, 2.24) is 20.2 Å². The van der Waals surface area contributed by atoms with E-state index in [1.54, 1.807) is 0 Å². The minimum atomic E-state index is -0.186. The summed E-state index contributed by atoms with van der Waals surface area (Å²) in [4.78, 5) is 0. The van der Waals surface area contributed by atoms with Crippen molar-refractivity contribution in [1.29, 1.82) is 0 Å². The van der Waals surface area contributed by atoms with Gasteiger partial charge in [0.1, 0.15) is 17.1 Å². The Kier molecular flexibility index (Phi) is 6.53. The van der Waals surface area contributed by atoms with Crippen LogP contribution in [0.4, 0.5) is 0 Å². The van der Waals surface area contributed by atoms with E-state index in [1.165, 1.54) is 25.0 Å². The molecule has 1 aromatic carbocycles. The van der Waals surface area contributed by atoms with Gasteiger partial charge in [-0.15, -0.1) is 5.10 Å². The van der Waals surface area contributed by atoms with Gasteiger partial charge in [0.2, 0.25) is 0 Å². The highest BCUT2D eigenvalue weighted by molar-refractivity contribution is 8.77. The van der Waals surface area contributed by atoms with Crippen LogP contribution in [0, 0.1) is 13.8 Å². The number of phenols is 1. The average Bonchev–Trinajstić information content (AvgIpc) is 3.38. The molecule has 8 heteroatoms. The number of nitrogens with zero attached hydrogens (tertiary/aromatic N) is 4. The van der Waals surface area contributed by atoms with Gasteiger partial charge >= 0.3 is 0 Å². The minimum absolute atomic E-state index is 0.186. The molecule has 0 bridgehead atoms. The number of aryl methyl sites for hydroxylation is 1. The van der Waals surface area contributed by atoms with Crippen molar-refractivity contribution in [3.8, 4) is 11.5 Å². The van der Waals surface area contributed by atoms with Crippen molar-refractivity contribution >= 4 is 21.6 Å². The first-order chi connectivity index (χ1) is 14.4. The lowest BCUT2D eigenvalue weighted by Crippen LogP contribution is -2.33. The number of aromatic hydroxyl groups is 1. The second-order valence-corrected chi connectivity index (χ2v) is 11.9. The third-order valence-corrected chi connectivity index (χ3v) is 9.36. The molecule has 0 aliphatic carbocycles. The molecule has 3 heterocycles. The van der Waals surface area contributed by atoms with E-state index < -0.39 is 0 Å². The fraction of sp³-hybridized carbons (Fsp3) is 0.682. The predicted octanol–water partition coefficient (Wildman–Crippen LogP) is 5.01. The smallest absolute Gasteiger partial charge is 0.151 e.